The number of hydrogen-bond donors (Lipinski definition) is 0. The molecule has 0 bridgehead atoms. The summed E-state index contributed by atoms with van der Waals surface area (Å²) in [7, 11) is 0. The van der Waals surface area contributed by atoms with Gasteiger partial charge in [0, 0.05) is 0 Å². The molecule has 0 saturated carbocycles. The number of para-hydroxylation sites is 2. The number of thiophene rings is 1. The fourth-order valence-corrected chi connectivity index (χ4v) is 5.57. The highest BCUT2D eigenvalue weighted by Gasteiger charge is 2.12. The van der Waals surface area contributed by atoms with Crippen molar-refractivity contribution in [3.63, 3.8) is 0 Å². The van der Waals surface area contributed by atoms with E-state index in [1.54, 1.807) is 34.0 Å². The minimum Gasteiger partial charge on any atom is -0.235 e. The maximum Gasteiger partial charge on any atom is 0.134 e. The lowest BCUT2D eigenvalue weighted by Crippen LogP contribution is -1.68. The van der Waals surface area contributed by atoms with E-state index in [4.69, 9.17) is 9.97 Å². The molecule has 5 aromatic rings. The predicted molar refractivity (Wildman–Crippen MR) is 102 cm³/mol. The van der Waals surface area contributed by atoms with Crippen LogP contribution in [-0.4, -0.2) is 9.97 Å². The highest BCUT2D eigenvalue weighted by atomic mass is 32.1. The van der Waals surface area contributed by atoms with E-state index in [1.807, 2.05) is 12.1 Å². The van der Waals surface area contributed by atoms with Crippen LogP contribution >= 0.6 is 34.0 Å². The average molecular weight is 350 g/mol. The van der Waals surface area contributed by atoms with Gasteiger partial charge in [0.2, 0.25) is 0 Å². The first-order chi connectivity index (χ1) is 11.4. The topological polar surface area (TPSA) is 25.8 Å². The van der Waals surface area contributed by atoms with Crippen LogP contribution in [-0.2, 0) is 0 Å². The lowest BCUT2D eigenvalue weighted by molar-refractivity contribution is 1.50. The third-order valence-electron chi connectivity index (χ3n) is 3.62. The third kappa shape index (κ3) is 2.28. The third-order valence-corrected chi connectivity index (χ3v) is 7.11. The van der Waals surface area contributed by atoms with Crippen molar-refractivity contribution >= 4 is 54.4 Å². The van der Waals surface area contributed by atoms with E-state index in [0.717, 1.165) is 21.0 Å². The van der Waals surface area contributed by atoms with Crippen molar-refractivity contribution in [1.29, 1.82) is 0 Å². The van der Waals surface area contributed by atoms with Gasteiger partial charge in [-0.15, -0.1) is 34.0 Å². The van der Waals surface area contributed by atoms with Crippen LogP contribution in [0.15, 0.2) is 60.7 Å². The Labute approximate surface area is 144 Å². The predicted octanol–water partition coefficient (Wildman–Crippen LogP) is 6.30. The smallest absolute Gasteiger partial charge is 0.134 e. The molecule has 0 aliphatic carbocycles. The maximum atomic E-state index is 4.74. The Hall–Kier alpha value is -2.08. The molecule has 0 atom stereocenters. The lowest BCUT2D eigenvalue weighted by atomic mass is 10.3. The van der Waals surface area contributed by atoms with E-state index < -0.39 is 0 Å². The van der Waals surface area contributed by atoms with Crippen molar-refractivity contribution < 1.29 is 0 Å². The molecule has 0 aliphatic rings. The summed E-state index contributed by atoms with van der Waals surface area (Å²) in [6.45, 7) is 0. The molecule has 5 heteroatoms. The van der Waals surface area contributed by atoms with Crippen LogP contribution < -0.4 is 0 Å². The molecule has 0 aliphatic heterocycles. The molecule has 23 heavy (non-hydrogen) atoms. The van der Waals surface area contributed by atoms with Crippen LogP contribution in [0.4, 0.5) is 0 Å². The van der Waals surface area contributed by atoms with Crippen LogP contribution in [0, 0.1) is 0 Å². The van der Waals surface area contributed by atoms with Gasteiger partial charge in [-0.25, -0.2) is 9.97 Å². The molecule has 0 N–H and O–H groups in total. The van der Waals surface area contributed by atoms with Gasteiger partial charge in [-0.3, -0.25) is 0 Å². The van der Waals surface area contributed by atoms with Crippen LogP contribution in [0.5, 0.6) is 0 Å². The van der Waals surface area contributed by atoms with Crippen molar-refractivity contribution in [2.75, 3.05) is 0 Å². The van der Waals surface area contributed by atoms with E-state index >= 15 is 0 Å². The fourth-order valence-electron chi connectivity index (χ4n) is 2.52. The second kappa shape index (κ2) is 5.23. The number of benzene rings is 2. The van der Waals surface area contributed by atoms with Gasteiger partial charge >= 0.3 is 0 Å². The fraction of sp³-hybridized carbons (Fsp3) is 0. The van der Waals surface area contributed by atoms with E-state index in [1.165, 1.54) is 19.2 Å². The summed E-state index contributed by atoms with van der Waals surface area (Å²) in [6.07, 6.45) is 0. The Balaban J connectivity index is 1.59. The van der Waals surface area contributed by atoms with Crippen LogP contribution in [0.1, 0.15) is 0 Å². The van der Waals surface area contributed by atoms with Gasteiger partial charge in [-0.05, 0) is 36.4 Å². The van der Waals surface area contributed by atoms with Gasteiger partial charge in [-0.1, -0.05) is 24.3 Å². The minimum atomic E-state index is 1.07. The standard InChI is InChI=1S/C18H10N2S3/c1-3-7-13-11(5-1)19-17(22-13)15-9-10-16(21-15)18-20-12-6-2-4-8-14(12)23-18/h1-10H. The molecule has 0 radical (unpaired) electrons. The van der Waals surface area contributed by atoms with Crippen LogP contribution in [0.25, 0.3) is 40.2 Å². The molecular formula is C18H10N2S3. The Bertz CT molecular complexity index is 979. The van der Waals surface area contributed by atoms with Gasteiger partial charge < -0.3 is 0 Å². The van der Waals surface area contributed by atoms with E-state index in [9.17, 15) is 0 Å². The second-order valence-electron chi connectivity index (χ2n) is 5.14. The highest BCUT2D eigenvalue weighted by Crippen LogP contribution is 2.40. The normalized spacial score (nSPS) is 11.5. The SMILES string of the molecule is c1ccc2sc(-c3ccc(-c4nc5ccccc5s4)s3)nc2c1. The molecule has 0 amide bonds. The average Bonchev–Trinajstić information content (AvgIpc) is 3.30. The zero-order chi connectivity index (χ0) is 15.2. The quantitative estimate of drug-likeness (QED) is 0.373. The molecule has 5 rings (SSSR count). The van der Waals surface area contributed by atoms with E-state index in [2.05, 4.69) is 48.5 Å². The summed E-state index contributed by atoms with van der Waals surface area (Å²) in [6, 6.07) is 20.9. The van der Waals surface area contributed by atoms with Crippen LogP contribution in [0.2, 0.25) is 0 Å². The lowest BCUT2D eigenvalue weighted by Gasteiger charge is -1.88. The monoisotopic (exact) mass is 350 g/mol. The van der Waals surface area contributed by atoms with Crippen molar-refractivity contribution in [2.24, 2.45) is 0 Å². The number of aromatic nitrogens is 2. The molecule has 0 fully saturated rings. The summed E-state index contributed by atoms with van der Waals surface area (Å²) in [5, 5.41) is 2.17. The number of fused-ring (bicyclic) bond motifs is 2. The van der Waals surface area contributed by atoms with Gasteiger partial charge in [0.1, 0.15) is 10.0 Å². The van der Waals surface area contributed by atoms with Crippen LogP contribution in [0.3, 0.4) is 0 Å². The second-order valence-corrected chi connectivity index (χ2v) is 8.28. The van der Waals surface area contributed by atoms with E-state index in [0.29, 0.717) is 0 Å². The zero-order valence-corrected chi connectivity index (χ0v) is 14.3. The first-order valence-electron chi connectivity index (χ1n) is 7.18. The minimum absolute atomic E-state index is 1.07. The number of nitrogens with zero attached hydrogens (tertiary/aromatic N) is 2. The molecule has 3 aromatic heterocycles. The molecule has 0 unspecified atom stereocenters. The summed E-state index contributed by atoms with van der Waals surface area (Å²) in [5.41, 5.74) is 2.14. The van der Waals surface area contributed by atoms with Gasteiger partial charge in [-0.2, -0.15) is 0 Å². The molecule has 2 nitrogen and oxygen atoms in total. The van der Waals surface area contributed by atoms with Crippen molar-refractivity contribution in [3.8, 4) is 19.8 Å². The summed E-state index contributed by atoms with van der Waals surface area (Å²) < 4.78 is 2.47. The Morgan fingerprint density at radius 2 is 1.00 bits per heavy atom. The highest BCUT2D eigenvalue weighted by molar-refractivity contribution is 7.29. The Morgan fingerprint density at radius 3 is 1.48 bits per heavy atom. The first-order valence-corrected chi connectivity index (χ1v) is 9.63. The van der Waals surface area contributed by atoms with Crippen molar-refractivity contribution in [3.05, 3.63) is 60.7 Å². The van der Waals surface area contributed by atoms with Crippen molar-refractivity contribution in [2.45, 2.75) is 0 Å². The summed E-state index contributed by atoms with van der Waals surface area (Å²) in [5.74, 6) is 0. The largest absolute Gasteiger partial charge is 0.235 e. The molecule has 0 spiro atoms. The Morgan fingerprint density at radius 1 is 0.522 bits per heavy atom. The molecule has 110 valence electrons. The zero-order valence-electron chi connectivity index (χ0n) is 11.9. The summed E-state index contributed by atoms with van der Waals surface area (Å²) in [4.78, 5) is 11.9. The Kier molecular flexibility index (Phi) is 3.04. The van der Waals surface area contributed by atoms with Gasteiger partial charge in [0.25, 0.3) is 0 Å². The number of hydrogen-bond acceptors (Lipinski definition) is 5. The first kappa shape index (κ1) is 13.4. The molecular weight excluding hydrogens is 340 g/mol. The number of rotatable bonds is 2. The maximum absolute atomic E-state index is 4.74. The number of thiazole rings is 2. The van der Waals surface area contributed by atoms with Gasteiger partial charge in [0.15, 0.2) is 0 Å². The summed E-state index contributed by atoms with van der Waals surface area (Å²) >= 11 is 5.26. The molecule has 3 heterocycles. The van der Waals surface area contributed by atoms with Gasteiger partial charge in [0.05, 0.1) is 30.2 Å². The van der Waals surface area contributed by atoms with E-state index in [-0.39, 0.29) is 0 Å². The molecule has 2 aromatic carbocycles. The van der Waals surface area contributed by atoms with Crippen molar-refractivity contribution in [1.82, 2.24) is 9.97 Å². The molecule has 0 saturated heterocycles.